The van der Waals surface area contributed by atoms with Gasteiger partial charge in [-0.2, -0.15) is 0 Å². The highest BCUT2D eigenvalue weighted by molar-refractivity contribution is 6.06. The lowest BCUT2D eigenvalue weighted by atomic mass is 10.1. The molecule has 3 aromatic rings. The van der Waals surface area contributed by atoms with Crippen LogP contribution in [0.4, 0.5) is 5.69 Å². The number of pyridine rings is 1. The van der Waals surface area contributed by atoms with Crippen LogP contribution in [0, 0.1) is 6.92 Å². The van der Waals surface area contributed by atoms with E-state index < -0.39 is 0 Å². The second kappa shape index (κ2) is 9.35. The fourth-order valence-electron chi connectivity index (χ4n) is 4.25. The van der Waals surface area contributed by atoms with Crippen LogP contribution < -0.4 is 15.8 Å². The third-order valence-corrected chi connectivity index (χ3v) is 6.07. The maximum absolute atomic E-state index is 12.7. The van der Waals surface area contributed by atoms with Gasteiger partial charge in [-0.15, -0.1) is 0 Å². The summed E-state index contributed by atoms with van der Waals surface area (Å²) in [7, 11) is 1.73. The number of carbonyl (C=O) groups is 1. The Bertz CT molecular complexity index is 1130. The molecule has 0 bridgehead atoms. The normalized spacial score (nSPS) is 14.7. The number of carbonyl (C=O) groups excluding carboxylic acids is 1. The largest absolute Gasteiger partial charge is 0.369 e. The van der Waals surface area contributed by atoms with Crippen LogP contribution in [0.25, 0.3) is 10.9 Å². The van der Waals surface area contributed by atoms with Gasteiger partial charge in [-0.1, -0.05) is 30.3 Å². The predicted molar refractivity (Wildman–Crippen MR) is 126 cm³/mol. The van der Waals surface area contributed by atoms with Gasteiger partial charge in [0.25, 0.3) is 11.5 Å². The van der Waals surface area contributed by atoms with Crippen LogP contribution in [-0.4, -0.2) is 54.6 Å². The molecule has 1 saturated heterocycles. The van der Waals surface area contributed by atoms with Crippen LogP contribution in [-0.2, 0) is 7.05 Å². The first-order valence-electron chi connectivity index (χ1n) is 10.9. The number of piperazine rings is 1. The summed E-state index contributed by atoms with van der Waals surface area (Å²) in [5.74, 6) is -0.182. The second-order valence-corrected chi connectivity index (χ2v) is 8.25. The molecule has 4 rings (SSSR count). The lowest BCUT2D eigenvalue weighted by molar-refractivity contribution is 0.0953. The van der Waals surface area contributed by atoms with Gasteiger partial charge < -0.3 is 14.8 Å². The summed E-state index contributed by atoms with van der Waals surface area (Å²) in [4.78, 5) is 29.8. The molecule has 0 saturated carbocycles. The molecular weight excluding hydrogens is 388 g/mol. The molecule has 2 heterocycles. The number of nitrogens with one attached hydrogen (secondary N) is 1. The summed E-state index contributed by atoms with van der Waals surface area (Å²) >= 11 is 0. The average molecular weight is 419 g/mol. The van der Waals surface area contributed by atoms with Gasteiger partial charge in [0.2, 0.25) is 0 Å². The molecule has 1 N–H and O–H groups in total. The van der Waals surface area contributed by atoms with Crippen molar-refractivity contribution in [2.75, 3.05) is 44.2 Å². The van der Waals surface area contributed by atoms with E-state index >= 15 is 0 Å². The zero-order chi connectivity index (χ0) is 21.8. The Morgan fingerprint density at radius 1 is 1.00 bits per heavy atom. The van der Waals surface area contributed by atoms with E-state index in [0.29, 0.717) is 12.1 Å². The van der Waals surface area contributed by atoms with E-state index in [2.05, 4.69) is 46.3 Å². The summed E-state index contributed by atoms with van der Waals surface area (Å²) in [6, 6.07) is 17.6. The SMILES string of the molecule is Cc1cccc(N2CCN(CCCNC(=O)c3cc(=O)n(C)c4ccccc34)CC2)c1. The minimum atomic E-state index is -0.182. The lowest BCUT2D eigenvalue weighted by Crippen LogP contribution is -2.47. The third kappa shape index (κ3) is 4.80. The highest BCUT2D eigenvalue weighted by Crippen LogP contribution is 2.18. The fraction of sp³-hybridized carbons (Fsp3) is 0.360. The zero-order valence-electron chi connectivity index (χ0n) is 18.3. The number of para-hydroxylation sites is 1. The molecule has 1 fully saturated rings. The molecule has 2 aromatic carbocycles. The quantitative estimate of drug-likeness (QED) is 0.626. The van der Waals surface area contributed by atoms with Gasteiger partial charge in [-0.3, -0.25) is 14.5 Å². The summed E-state index contributed by atoms with van der Waals surface area (Å²) in [5.41, 5.74) is 3.64. The fourth-order valence-corrected chi connectivity index (χ4v) is 4.25. The number of fused-ring (bicyclic) bond motifs is 1. The van der Waals surface area contributed by atoms with Gasteiger partial charge in [0.1, 0.15) is 0 Å². The first-order valence-corrected chi connectivity index (χ1v) is 10.9. The van der Waals surface area contributed by atoms with E-state index in [0.717, 1.165) is 50.0 Å². The van der Waals surface area contributed by atoms with Crippen molar-refractivity contribution in [3.05, 3.63) is 76.1 Å². The maximum atomic E-state index is 12.7. The maximum Gasteiger partial charge on any atom is 0.252 e. The second-order valence-electron chi connectivity index (χ2n) is 8.25. The molecule has 0 spiro atoms. The van der Waals surface area contributed by atoms with Crippen LogP contribution in [0.1, 0.15) is 22.3 Å². The van der Waals surface area contributed by atoms with Gasteiger partial charge in [-0.25, -0.2) is 0 Å². The molecule has 6 nitrogen and oxygen atoms in total. The summed E-state index contributed by atoms with van der Waals surface area (Å²) < 4.78 is 1.57. The summed E-state index contributed by atoms with van der Waals surface area (Å²) in [6.45, 7) is 7.79. The van der Waals surface area contributed by atoms with Gasteiger partial charge in [-0.05, 0) is 43.7 Å². The Labute approximate surface area is 183 Å². The van der Waals surface area contributed by atoms with E-state index in [9.17, 15) is 9.59 Å². The Hall–Kier alpha value is -3.12. The predicted octanol–water partition coefficient (Wildman–Crippen LogP) is 2.79. The number of hydrogen-bond acceptors (Lipinski definition) is 4. The number of aryl methyl sites for hydroxylation is 2. The topological polar surface area (TPSA) is 57.6 Å². The molecular formula is C25H30N4O2. The van der Waals surface area contributed by atoms with Crippen molar-refractivity contribution in [3.8, 4) is 0 Å². The minimum absolute atomic E-state index is 0.171. The molecule has 0 atom stereocenters. The minimum Gasteiger partial charge on any atom is -0.369 e. The van der Waals surface area contributed by atoms with Crippen molar-refractivity contribution in [2.45, 2.75) is 13.3 Å². The number of aromatic nitrogens is 1. The first kappa shape index (κ1) is 21.1. The highest BCUT2D eigenvalue weighted by atomic mass is 16.2. The van der Waals surface area contributed by atoms with Gasteiger partial charge >= 0.3 is 0 Å². The molecule has 31 heavy (non-hydrogen) atoms. The first-order chi connectivity index (χ1) is 15.0. The van der Waals surface area contributed by atoms with E-state index in [-0.39, 0.29) is 11.5 Å². The Balaban J connectivity index is 1.26. The van der Waals surface area contributed by atoms with E-state index in [1.54, 1.807) is 11.6 Å². The molecule has 1 aliphatic heterocycles. The molecule has 6 heteroatoms. The van der Waals surface area contributed by atoms with Crippen LogP contribution in [0.5, 0.6) is 0 Å². The average Bonchev–Trinajstić information content (AvgIpc) is 2.79. The lowest BCUT2D eigenvalue weighted by Gasteiger charge is -2.36. The highest BCUT2D eigenvalue weighted by Gasteiger charge is 2.17. The number of benzene rings is 2. The van der Waals surface area contributed by atoms with Crippen LogP contribution in [0.2, 0.25) is 0 Å². The van der Waals surface area contributed by atoms with E-state index in [1.807, 2.05) is 24.3 Å². The van der Waals surface area contributed by atoms with E-state index in [4.69, 9.17) is 0 Å². The van der Waals surface area contributed by atoms with Gasteiger partial charge in [0.05, 0.1) is 11.1 Å². The smallest absolute Gasteiger partial charge is 0.252 e. The van der Waals surface area contributed by atoms with Crippen molar-refractivity contribution in [2.24, 2.45) is 7.05 Å². The molecule has 1 amide bonds. The Morgan fingerprint density at radius 2 is 1.77 bits per heavy atom. The monoisotopic (exact) mass is 418 g/mol. The number of hydrogen-bond donors (Lipinski definition) is 1. The van der Waals surface area contributed by atoms with Crippen molar-refractivity contribution >= 4 is 22.5 Å². The number of nitrogens with zero attached hydrogens (tertiary/aromatic N) is 3. The molecule has 0 radical (unpaired) electrons. The zero-order valence-corrected chi connectivity index (χ0v) is 18.3. The van der Waals surface area contributed by atoms with Crippen LogP contribution in [0.3, 0.4) is 0 Å². The molecule has 0 unspecified atom stereocenters. The van der Waals surface area contributed by atoms with Crippen molar-refractivity contribution in [1.82, 2.24) is 14.8 Å². The molecule has 1 aromatic heterocycles. The van der Waals surface area contributed by atoms with Gasteiger partial charge in [0.15, 0.2) is 0 Å². The van der Waals surface area contributed by atoms with E-state index in [1.165, 1.54) is 17.3 Å². The number of amides is 1. The molecule has 162 valence electrons. The van der Waals surface area contributed by atoms with Crippen molar-refractivity contribution in [3.63, 3.8) is 0 Å². The van der Waals surface area contributed by atoms with Crippen molar-refractivity contribution in [1.29, 1.82) is 0 Å². The Morgan fingerprint density at radius 3 is 2.55 bits per heavy atom. The van der Waals surface area contributed by atoms with Gasteiger partial charge in [0, 0.05) is 56.9 Å². The summed E-state index contributed by atoms with van der Waals surface area (Å²) in [6.07, 6.45) is 0.888. The summed E-state index contributed by atoms with van der Waals surface area (Å²) in [5, 5.41) is 3.79. The number of rotatable bonds is 6. The molecule has 1 aliphatic rings. The Kier molecular flexibility index (Phi) is 6.37. The molecule has 0 aliphatic carbocycles. The van der Waals surface area contributed by atoms with Crippen LogP contribution in [0.15, 0.2) is 59.4 Å². The van der Waals surface area contributed by atoms with Crippen molar-refractivity contribution < 1.29 is 4.79 Å². The number of anilines is 1. The standard InChI is InChI=1S/C25H30N4O2/c1-19-7-5-8-20(17-19)29-15-13-28(14-16-29)12-6-11-26-25(31)22-18-24(30)27(2)23-10-4-3-9-21(22)23/h3-5,7-10,17-18H,6,11-16H2,1-2H3,(H,26,31). The third-order valence-electron chi connectivity index (χ3n) is 6.07. The van der Waals surface area contributed by atoms with Crippen LogP contribution >= 0.6 is 0 Å².